The van der Waals surface area contributed by atoms with E-state index in [0.29, 0.717) is 32.2 Å². The average Bonchev–Trinajstić information content (AvgIpc) is 3.05. The van der Waals surface area contributed by atoms with Crippen LogP contribution in [0.5, 0.6) is 0 Å². The number of carbonyl (C=O) groups is 1. The zero-order valence-electron chi connectivity index (χ0n) is 11.2. The van der Waals surface area contributed by atoms with E-state index in [1.165, 1.54) is 0 Å². The third-order valence-electron chi connectivity index (χ3n) is 4.02. The maximum atomic E-state index is 12.6. The highest BCUT2D eigenvalue weighted by Gasteiger charge is 2.49. The van der Waals surface area contributed by atoms with Crippen LogP contribution < -0.4 is 5.32 Å². The molecule has 1 unspecified atom stereocenters. The monoisotopic (exact) mass is 278 g/mol. The molecule has 0 aromatic heterocycles. The summed E-state index contributed by atoms with van der Waals surface area (Å²) in [6.07, 6.45) is -0.759. The molecule has 0 spiro atoms. The quantitative estimate of drug-likeness (QED) is 0.837. The first kappa shape index (κ1) is 14.6. The first-order valence-corrected chi connectivity index (χ1v) is 6.96. The van der Waals surface area contributed by atoms with Gasteiger partial charge in [-0.2, -0.15) is 13.2 Å². The lowest BCUT2D eigenvalue weighted by atomic mass is 9.81. The van der Waals surface area contributed by atoms with E-state index in [0.717, 1.165) is 17.9 Å². The minimum atomic E-state index is -4.31. The van der Waals surface area contributed by atoms with E-state index in [2.05, 4.69) is 5.32 Å². The lowest BCUT2D eigenvalue weighted by molar-refractivity contribution is -0.168. The highest BCUT2D eigenvalue weighted by Crippen LogP contribution is 2.38. The van der Waals surface area contributed by atoms with Gasteiger partial charge in [0.15, 0.2) is 0 Å². The molecule has 1 atom stereocenters. The molecule has 1 aliphatic carbocycles. The second kappa shape index (κ2) is 5.31. The van der Waals surface area contributed by atoms with E-state index in [4.69, 9.17) is 0 Å². The summed E-state index contributed by atoms with van der Waals surface area (Å²) in [7, 11) is 0. The van der Waals surface area contributed by atoms with Crippen molar-refractivity contribution in [3.63, 3.8) is 0 Å². The number of carbonyl (C=O) groups excluding carboxylic acids is 1. The molecule has 110 valence electrons. The topological polar surface area (TPSA) is 32.3 Å². The van der Waals surface area contributed by atoms with Gasteiger partial charge >= 0.3 is 6.18 Å². The Hall–Kier alpha value is -0.780. The molecule has 19 heavy (non-hydrogen) atoms. The van der Waals surface area contributed by atoms with Crippen LogP contribution in [0.1, 0.15) is 39.0 Å². The Balaban J connectivity index is 2.13. The first-order valence-electron chi connectivity index (χ1n) is 6.96. The second-order valence-electron chi connectivity index (χ2n) is 5.74. The van der Waals surface area contributed by atoms with E-state index in [9.17, 15) is 18.0 Å². The fraction of sp³-hybridized carbons (Fsp3) is 0.923. The maximum absolute atomic E-state index is 12.6. The SMILES string of the molecule is CCCC1(C(=O)N(CC(F)(F)F)C2CC2)CCNC1. The fourth-order valence-corrected chi connectivity index (χ4v) is 2.98. The molecule has 0 aromatic rings. The van der Waals surface area contributed by atoms with E-state index in [1.54, 1.807) is 0 Å². The number of halogens is 3. The van der Waals surface area contributed by atoms with Crippen LogP contribution in [0.15, 0.2) is 0 Å². The van der Waals surface area contributed by atoms with Crippen molar-refractivity contribution < 1.29 is 18.0 Å². The molecule has 6 heteroatoms. The van der Waals surface area contributed by atoms with Crippen LogP contribution in [-0.4, -0.2) is 42.7 Å². The molecule has 2 rings (SSSR count). The van der Waals surface area contributed by atoms with Gasteiger partial charge in [0.1, 0.15) is 6.54 Å². The Morgan fingerprint density at radius 1 is 1.42 bits per heavy atom. The number of rotatable bonds is 5. The van der Waals surface area contributed by atoms with E-state index < -0.39 is 18.1 Å². The Bertz CT molecular complexity index is 333. The predicted octanol–water partition coefficient (Wildman–Crippen LogP) is 2.32. The summed E-state index contributed by atoms with van der Waals surface area (Å²) in [6, 6.07) is -0.191. The van der Waals surface area contributed by atoms with Crippen LogP contribution in [-0.2, 0) is 4.79 Å². The largest absolute Gasteiger partial charge is 0.406 e. The third-order valence-corrected chi connectivity index (χ3v) is 4.02. The van der Waals surface area contributed by atoms with Gasteiger partial charge in [-0.3, -0.25) is 4.79 Å². The van der Waals surface area contributed by atoms with Gasteiger partial charge in [0.2, 0.25) is 5.91 Å². The van der Waals surface area contributed by atoms with Crippen LogP contribution in [0.25, 0.3) is 0 Å². The molecule has 1 saturated carbocycles. The van der Waals surface area contributed by atoms with Crippen LogP contribution >= 0.6 is 0 Å². The van der Waals surface area contributed by atoms with Gasteiger partial charge in [-0.1, -0.05) is 13.3 Å². The summed E-state index contributed by atoms with van der Waals surface area (Å²) in [4.78, 5) is 13.7. The van der Waals surface area contributed by atoms with Gasteiger partial charge in [-0.05, 0) is 32.2 Å². The Kier molecular flexibility index (Phi) is 4.08. The van der Waals surface area contributed by atoms with Gasteiger partial charge in [-0.25, -0.2) is 0 Å². The molecule has 1 amide bonds. The zero-order valence-corrected chi connectivity index (χ0v) is 11.2. The van der Waals surface area contributed by atoms with Crippen LogP contribution in [0.3, 0.4) is 0 Å². The number of amides is 1. The van der Waals surface area contributed by atoms with Crippen LogP contribution in [0.2, 0.25) is 0 Å². The highest BCUT2D eigenvalue weighted by molar-refractivity contribution is 5.84. The first-order chi connectivity index (χ1) is 8.88. The summed E-state index contributed by atoms with van der Waals surface area (Å²) < 4.78 is 37.9. The molecule has 1 heterocycles. The molecule has 1 N–H and O–H groups in total. The number of nitrogens with zero attached hydrogens (tertiary/aromatic N) is 1. The van der Waals surface area contributed by atoms with Crippen molar-refractivity contribution in [2.24, 2.45) is 5.41 Å². The van der Waals surface area contributed by atoms with Gasteiger partial charge in [-0.15, -0.1) is 0 Å². The van der Waals surface area contributed by atoms with Crippen molar-refractivity contribution in [2.75, 3.05) is 19.6 Å². The van der Waals surface area contributed by atoms with Gasteiger partial charge < -0.3 is 10.2 Å². The van der Waals surface area contributed by atoms with Crippen LogP contribution in [0, 0.1) is 5.41 Å². The minimum absolute atomic E-state index is 0.191. The summed E-state index contributed by atoms with van der Waals surface area (Å²) in [5.74, 6) is -0.292. The average molecular weight is 278 g/mol. The highest BCUT2D eigenvalue weighted by atomic mass is 19.4. The number of nitrogens with one attached hydrogen (secondary N) is 1. The molecular weight excluding hydrogens is 257 g/mol. The molecule has 0 radical (unpaired) electrons. The molecule has 0 bridgehead atoms. The predicted molar refractivity (Wildman–Crippen MR) is 65.6 cm³/mol. The number of hydrogen-bond donors (Lipinski definition) is 1. The number of alkyl halides is 3. The summed E-state index contributed by atoms with van der Waals surface area (Å²) in [6.45, 7) is 2.11. The van der Waals surface area contributed by atoms with Crippen molar-refractivity contribution in [3.05, 3.63) is 0 Å². The fourth-order valence-electron chi connectivity index (χ4n) is 2.98. The van der Waals surface area contributed by atoms with E-state index in [-0.39, 0.29) is 11.9 Å². The molecule has 1 aliphatic heterocycles. The van der Waals surface area contributed by atoms with Crippen molar-refractivity contribution in [1.82, 2.24) is 10.2 Å². The molecule has 3 nitrogen and oxygen atoms in total. The summed E-state index contributed by atoms with van der Waals surface area (Å²) in [5.41, 5.74) is -0.609. The lowest BCUT2D eigenvalue weighted by Crippen LogP contribution is -2.49. The molecule has 0 aromatic carbocycles. The van der Waals surface area contributed by atoms with Crippen molar-refractivity contribution in [2.45, 2.75) is 51.2 Å². The smallest absolute Gasteiger partial charge is 0.330 e. The van der Waals surface area contributed by atoms with Crippen molar-refractivity contribution in [3.8, 4) is 0 Å². The Morgan fingerprint density at radius 3 is 2.53 bits per heavy atom. The Labute approximate surface area is 111 Å². The summed E-state index contributed by atoms with van der Waals surface area (Å²) in [5, 5.41) is 3.13. The van der Waals surface area contributed by atoms with Crippen LogP contribution in [0.4, 0.5) is 13.2 Å². The summed E-state index contributed by atoms with van der Waals surface area (Å²) >= 11 is 0. The molecular formula is C13H21F3N2O. The van der Waals surface area contributed by atoms with Gasteiger partial charge in [0, 0.05) is 12.6 Å². The minimum Gasteiger partial charge on any atom is -0.330 e. The zero-order chi connectivity index (χ0) is 14.1. The molecule has 1 saturated heterocycles. The Morgan fingerprint density at radius 2 is 2.11 bits per heavy atom. The van der Waals surface area contributed by atoms with E-state index >= 15 is 0 Å². The molecule has 2 fully saturated rings. The lowest BCUT2D eigenvalue weighted by Gasteiger charge is -2.34. The number of hydrogen-bond acceptors (Lipinski definition) is 2. The van der Waals surface area contributed by atoms with Gasteiger partial charge in [0.05, 0.1) is 5.41 Å². The standard InChI is InChI=1S/C13H21F3N2O/c1-2-5-12(6-7-17-8-12)11(19)18(10-3-4-10)9-13(14,15)16/h10,17H,2-9H2,1H3. The normalized spacial score (nSPS) is 27.6. The second-order valence-corrected chi connectivity index (χ2v) is 5.74. The van der Waals surface area contributed by atoms with Crippen molar-refractivity contribution in [1.29, 1.82) is 0 Å². The third kappa shape index (κ3) is 3.41. The van der Waals surface area contributed by atoms with Gasteiger partial charge in [0.25, 0.3) is 0 Å². The molecule has 2 aliphatic rings. The van der Waals surface area contributed by atoms with Crippen molar-refractivity contribution >= 4 is 5.91 Å². The maximum Gasteiger partial charge on any atom is 0.406 e. The van der Waals surface area contributed by atoms with E-state index in [1.807, 2.05) is 6.92 Å².